The molecule has 0 amide bonds. The largest absolute Gasteiger partial charge is 0.486 e. The maximum Gasteiger partial charge on any atom is 0.155 e. The molecule has 0 saturated carbocycles. The molecule has 0 aliphatic carbocycles. The summed E-state index contributed by atoms with van der Waals surface area (Å²) in [5.74, 6) is 1.42. The maximum atomic E-state index is 9.70. The van der Waals surface area contributed by atoms with Gasteiger partial charge in [0.25, 0.3) is 0 Å². The third-order valence-corrected chi connectivity index (χ3v) is 4.68. The average Bonchev–Trinajstić information content (AvgIpc) is 3.19. The number of hydrogen-bond donors (Lipinski definition) is 1. The SMILES string of the molecule is Cc1cn(-c2cnccn2)c2c(C#N)cc(OC3(C)CCNC3)cc12. The average molecular weight is 333 g/mol. The van der Waals surface area contributed by atoms with Crippen molar-refractivity contribution in [2.24, 2.45) is 0 Å². The standard InChI is InChI=1S/C19H19N5O/c1-13-11-24(17-10-21-5-6-23-17)18-14(9-20)7-15(8-16(13)18)25-19(2)3-4-22-12-19/h5-8,10-11,22H,3-4,12H2,1-2H3. The van der Waals surface area contributed by atoms with E-state index in [1.54, 1.807) is 18.6 Å². The third kappa shape index (κ3) is 2.73. The van der Waals surface area contributed by atoms with Crippen LogP contribution in [0.25, 0.3) is 16.7 Å². The van der Waals surface area contributed by atoms with E-state index in [0.717, 1.165) is 41.7 Å². The Balaban J connectivity index is 1.86. The smallest absolute Gasteiger partial charge is 0.155 e. The number of nitrogens with one attached hydrogen (secondary N) is 1. The number of aryl methyl sites for hydroxylation is 1. The van der Waals surface area contributed by atoms with Gasteiger partial charge in [0.2, 0.25) is 0 Å². The molecule has 0 bridgehead atoms. The van der Waals surface area contributed by atoms with Gasteiger partial charge in [0, 0.05) is 43.0 Å². The number of nitriles is 1. The molecule has 1 N–H and O–H groups in total. The quantitative estimate of drug-likeness (QED) is 0.797. The molecule has 25 heavy (non-hydrogen) atoms. The van der Waals surface area contributed by atoms with E-state index < -0.39 is 0 Å². The lowest BCUT2D eigenvalue weighted by Crippen LogP contribution is -2.34. The zero-order chi connectivity index (χ0) is 17.4. The first-order valence-corrected chi connectivity index (χ1v) is 8.32. The van der Waals surface area contributed by atoms with Gasteiger partial charge in [0.15, 0.2) is 5.82 Å². The van der Waals surface area contributed by atoms with E-state index in [1.807, 2.05) is 29.8 Å². The molecule has 4 rings (SSSR count). The van der Waals surface area contributed by atoms with Crippen molar-refractivity contribution in [1.82, 2.24) is 19.9 Å². The summed E-state index contributed by atoms with van der Waals surface area (Å²) in [5.41, 5.74) is 2.24. The minimum Gasteiger partial charge on any atom is -0.486 e. The van der Waals surface area contributed by atoms with Crippen LogP contribution in [0, 0.1) is 18.3 Å². The highest BCUT2D eigenvalue weighted by molar-refractivity contribution is 5.91. The Morgan fingerprint density at radius 1 is 1.36 bits per heavy atom. The van der Waals surface area contributed by atoms with Crippen molar-refractivity contribution in [3.63, 3.8) is 0 Å². The summed E-state index contributed by atoms with van der Waals surface area (Å²) in [4.78, 5) is 8.49. The summed E-state index contributed by atoms with van der Waals surface area (Å²) in [7, 11) is 0. The zero-order valence-corrected chi connectivity index (χ0v) is 14.3. The predicted octanol–water partition coefficient (Wildman–Crippen LogP) is 2.73. The van der Waals surface area contributed by atoms with E-state index >= 15 is 0 Å². The highest BCUT2D eigenvalue weighted by Gasteiger charge is 2.31. The molecule has 1 aliphatic heterocycles. The van der Waals surface area contributed by atoms with Crippen LogP contribution in [0.4, 0.5) is 0 Å². The van der Waals surface area contributed by atoms with Gasteiger partial charge in [0.1, 0.15) is 17.4 Å². The van der Waals surface area contributed by atoms with Crippen molar-refractivity contribution >= 4 is 10.9 Å². The summed E-state index contributed by atoms with van der Waals surface area (Å²) < 4.78 is 8.15. The molecule has 6 nitrogen and oxygen atoms in total. The monoisotopic (exact) mass is 333 g/mol. The Kier molecular flexibility index (Phi) is 3.66. The Bertz CT molecular complexity index is 965. The number of aromatic nitrogens is 3. The number of rotatable bonds is 3. The number of ether oxygens (including phenoxy) is 1. The fraction of sp³-hybridized carbons (Fsp3) is 0.316. The Morgan fingerprint density at radius 3 is 2.92 bits per heavy atom. The highest BCUT2D eigenvalue weighted by Crippen LogP contribution is 2.33. The molecule has 0 spiro atoms. The minimum absolute atomic E-state index is 0.234. The lowest BCUT2D eigenvalue weighted by atomic mass is 10.1. The van der Waals surface area contributed by atoms with Crippen LogP contribution in [0.15, 0.2) is 36.9 Å². The van der Waals surface area contributed by atoms with Gasteiger partial charge in [-0.3, -0.25) is 9.55 Å². The first-order valence-electron chi connectivity index (χ1n) is 8.32. The number of hydrogen-bond acceptors (Lipinski definition) is 5. The van der Waals surface area contributed by atoms with Gasteiger partial charge >= 0.3 is 0 Å². The van der Waals surface area contributed by atoms with Gasteiger partial charge < -0.3 is 10.1 Å². The summed E-state index contributed by atoms with van der Waals surface area (Å²) in [5, 5.41) is 14.0. The van der Waals surface area contributed by atoms with Gasteiger partial charge in [-0.25, -0.2) is 4.98 Å². The zero-order valence-electron chi connectivity index (χ0n) is 14.3. The second-order valence-corrected chi connectivity index (χ2v) is 6.70. The van der Waals surface area contributed by atoms with Crippen LogP contribution < -0.4 is 10.1 Å². The molecule has 3 aromatic rings. The molecule has 1 unspecified atom stereocenters. The summed E-state index contributed by atoms with van der Waals surface area (Å²) in [6.07, 6.45) is 7.91. The molecule has 2 aromatic heterocycles. The molecule has 1 aliphatic rings. The van der Waals surface area contributed by atoms with Gasteiger partial charge in [-0.05, 0) is 32.0 Å². The fourth-order valence-corrected chi connectivity index (χ4v) is 3.40. The molecular formula is C19H19N5O. The number of benzene rings is 1. The van der Waals surface area contributed by atoms with Crippen LogP contribution in [-0.2, 0) is 0 Å². The first-order chi connectivity index (χ1) is 12.1. The molecule has 0 radical (unpaired) electrons. The second-order valence-electron chi connectivity index (χ2n) is 6.70. The van der Waals surface area contributed by atoms with Crippen LogP contribution in [-0.4, -0.2) is 33.2 Å². The summed E-state index contributed by atoms with van der Waals surface area (Å²) in [6.45, 7) is 5.89. The predicted molar refractivity (Wildman–Crippen MR) is 94.8 cm³/mol. The minimum atomic E-state index is -0.234. The van der Waals surface area contributed by atoms with Crippen molar-refractivity contribution in [3.05, 3.63) is 48.0 Å². The van der Waals surface area contributed by atoms with Crippen molar-refractivity contribution < 1.29 is 4.74 Å². The molecule has 1 fully saturated rings. The van der Waals surface area contributed by atoms with Gasteiger partial charge in [-0.2, -0.15) is 5.26 Å². The van der Waals surface area contributed by atoms with E-state index in [1.165, 1.54) is 0 Å². The summed E-state index contributed by atoms with van der Waals surface area (Å²) in [6, 6.07) is 6.14. The van der Waals surface area contributed by atoms with Crippen molar-refractivity contribution in [2.75, 3.05) is 13.1 Å². The van der Waals surface area contributed by atoms with Crippen molar-refractivity contribution in [1.29, 1.82) is 5.26 Å². The van der Waals surface area contributed by atoms with Gasteiger partial charge in [-0.1, -0.05) is 0 Å². The summed E-state index contributed by atoms with van der Waals surface area (Å²) >= 11 is 0. The van der Waals surface area contributed by atoms with Gasteiger partial charge in [-0.15, -0.1) is 0 Å². The van der Waals surface area contributed by atoms with E-state index in [0.29, 0.717) is 11.4 Å². The number of nitrogens with zero attached hydrogens (tertiary/aromatic N) is 4. The second kappa shape index (κ2) is 5.87. The van der Waals surface area contributed by atoms with Crippen LogP contribution >= 0.6 is 0 Å². The van der Waals surface area contributed by atoms with E-state index in [4.69, 9.17) is 4.74 Å². The Labute approximate surface area is 146 Å². The van der Waals surface area contributed by atoms with Crippen molar-refractivity contribution in [3.8, 4) is 17.6 Å². The molecule has 1 atom stereocenters. The van der Waals surface area contributed by atoms with E-state index in [9.17, 15) is 5.26 Å². The first kappa shape index (κ1) is 15.6. The third-order valence-electron chi connectivity index (χ3n) is 4.68. The normalized spacial score (nSPS) is 19.9. The Hall–Kier alpha value is -2.91. The maximum absolute atomic E-state index is 9.70. The molecule has 3 heterocycles. The van der Waals surface area contributed by atoms with Gasteiger partial charge in [0.05, 0.1) is 17.3 Å². The lowest BCUT2D eigenvalue weighted by Gasteiger charge is -2.25. The van der Waals surface area contributed by atoms with Crippen LogP contribution in [0.1, 0.15) is 24.5 Å². The molecule has 1 aromatic carbocycles. The van der Waals surface area contributed by atoms with Crippen molar-refractivity contribution in [2.45, 2.75) is 25.9 Å². The van der Waals surface area contributed by atoms with E-state index in [2.05, 4.69) is 28.3 Å². The highest BCUT2D eigenvalue weighted by atomic mass is 16.5. The fourth-order valence-electron chi connectivity index (χ4n) is 3.40. The van der Waals surface area contributed by atoms with Crippen LogP contribution in [0.5, 0.6) is 5.75 Å². The molecule has 6 heteroatoms. The van der Waals surface area contributed by atoms with Crippen LogP contribution in [0.3, 0.4) is 0 Å². The number of fused-ring (bicyclic) bond motifs is 1. The lowest BCUT2D eigenvalue weighted by molar-refractivity contribution is 0.111. The van der Waals surface area contributed by atoms with Crippen LogP contribution in [0.2, 0.25) is 0 Å². The Morgan fingerprint density at radius 2 is 2.24 bits per heavy atom. The van der Waals surface area contributed by atoms with E-state index in [-0.39, 0.29) is 5.60 Å². The molecular weight excluding hydrogens is 314 g/mol. The topological polar surface area (TPSA) is 75.8 Å². The molecule has 1 saturated heterocycles. The molecule has 126 valence electrons.